The van der Waals surface area contributed by atoms with Crippen LogP contribution in [0.25, 0.3) is 11.0 Å². The molecule has 1 aliphatic heterocycles. The lowest BCUT2D eigenvalue weighted by molar-refractivity contribution is 0.102. The van der Waals surface area contributed by atoms with E-state index in [9.17, 15) is 4.79 Å². The summed E-state index contributed by atoms with van der Waals surface area (Å²) in [7, 11) is 0. The van der Waals surface area contributed by atoms with E-state index in [1.54, 1.807) is 24.5 Å². The first kappa shape index (κ1) is 19.7. The zero-order valence-corrected chi connectivity index (χ0v) is 17.0. The Kier molecular flexibility index (Phi) is 6.04. The maximum Gasteiger partial charge on any atom is 0.255 e. The van der Waals surface area contributed by atoms with E-state index in [0.717, 1.165) is 52.8 Å². The number of hydrogen-bond acceptors (Lipinski definition) is 4. The minimum atomic E-state index is -0.146. The second-order valence-corrected chi connectivity index (χ2v) is 7.40. The van der Waals surface area contributed by atoms with Crippen LogP contribution < -0.4 is 16.0 Å². The molecule has 142 valence electrons. The van der Waals surface area contributed by atoms with Gasteiger partial charge in [-0.05, 0) is 40.9 Å². The Morgan fingerprint density at radius 2 is 2.11 bits per heavy atom. The quantitative estimate of drug-likeness (QED) is 0.564. The largest absolute Gasteiger partial charge is 0.368 e. The molecule has 1 saturated heterocycles. The Labute approximate surface area is 172 Å². The average molecular weight is 451 g/mol. The molecule has 2 aromatic heterocycles. The molecule has 0 aliphatic carbocycles. The molecule has 1 amide bonds. The van der Waals surface area contributed by atoms with Crippen LogP contribution in [-0.2, 0) is 0 Å². The van der Waals surface area contributed by atoms with E-state index < -0.39 is 0 Å². The summed E-state index contributed by atoms with van der Waals surface area (Å²) in [6.45, 7) is 1.72. The lowest BCUT2D eigenvalue weighted by Gasteiger charge is -2.33. The fourth-order valence-electron chi connectivity index (χ4n) is 3.46. The van der Waals surface area contributed by atoms with Crippen LogP contribution in [-0.4, -0.2) is 35.0 Å². The first-order valence-corrected chi connectivity index (χ1v) is 9.45. The highest BCUT2D eigenvalue weighted by molar-refractivity contribution is 9.10. The summed E-state index contributed by atoms with van der Waals surface area (Å²) >= 11 is 3.63. The van der Waals surface area contributed by atoms with E-state index in [2.05, 4.69) is 36.1 Å². The van der Waals surface area contributed by atoms with Crippen molar-refractivity contribution >= 4 is 56.7 Å². The van der Waals surface area contributed by atoms with Gasteiger partial charge in [-0.3, -0.25) is 4.79 Å². The van der Waals surface area contributed by atoms with Crippen LogP contribution in [0, 0.1) is 0 Å². The first-order valence-electron chi connectivity index (χ1n) is 8.66. The minimum absolute atomic E-state index is 0. The van der Waals surface area contributed by atoms with Crippen LogP contribution in [0.2, 0.25) is 0 Å². The van der Waals surface area contributed by atoms with Crippen molar-refractivity contribution in [3.63, 3.8) is 0 Å². The Hall–Kier alpha value is -2.09. The monoisotopic (exact) mass is 449 g/mol. The third kappa shape index (κ3) is 3.95. The molecular weight excluding hydrogens is 430 g/mol. The molecule has 3 heterocycles. The standard InChI is InChI=1S/C19H20BrN5O.ClH/c20-14-9-22-18-16(17(14)25-8-4-7-13(21)11-25)15(10-23-18)24-19(26)12-5-2-1-3-6-12;/h1-3,5-6,9-10,13H,4,7-8,11,21H2,(H,22,23)(H,24,26);1H. The van der Waals surface area contributed by atoms with Crippen molar-refractivity contribution in [2.24, 2.45) is 5.73 Å². The minimum Gasteiger partial charge on any atom is -0.368 e. The van der Waals surface area contributed by atoms with Crippen molar-refractivity contribution < 1.29 is 4.79 Å². The Balaban J connectivity index is 0.00000210. The van der Waals surface area contributed by atoms with E-state index in [4.69, 9.17) is 5.73 Å². The molecule has 0 spiro atoms. The number of pyridine rings is 1. The van der Waals surface area contributed by atoms with E-state index >= 15 is 0 Å². The first-order chi connectivity index (χ1) is 12.6. The molecule has 1 atom stereocenters. The van der Waals surface area contributed by atoms with E-state index in [-0.39, 0.29) is 24.4 Å². The van der Waals surface area contributed by atoms with Gasteiger partial charge in [0, 0.05) is 37.1 Å². The van der Waals surface area contributed by atoms with Crippen LogP contribution >= 0.6 is 28.3 Å². The number of halogens is 2. The van der Waals surface area contributed by atoms with E-state index in [0.29, 0.717) is 5.56 Å². The molecule has 0 saturated carbocycles. The predicted octanol–water partition coefficient (Wildman–Crippen LogP) is 3.93. The average Bonchev–Trinajstić information content (AvgIpc) is 3.05. The van der Waals surface area contributed by atoms with Gasteiger partial charge >= 0.3 is 0 Å². The number of rotatable bonds is 3. The smallest absolute Gasteiger partial charge is 0.255 e. The second-order valence-electron chi connectivity index (χ2n) is 6.55. The predicted molar refractivity (Wildman–Crippen MR) is 115 cm³/mol. The second kappa shape index (κ2) is 8.29. The molecule has 1 fully saturated rings. The number of aromatic nitrogens is 2. The molecule has 1 aromatic carbocycles. The van der Waals surface area contributed by atoms with Gasteiger partial charge in [0.1, 0.15) is 5.65 Å². The Morgan fingerprint density at radius 1 is 1.33 bits per heavy atom. The number of nitrogens with zero attached hydrogens (tertiary/aromatic N) is 2. The third-order valence-electron chi connectivity index (χ3n) is 4.69. The number of hydrogen-bond donors (Lipinski definition) is 3. The molecule has 4 rings (SSSR count). The van der Waals surface area contributed by atoms with Gasteiger partial charge in [-0.15, -0.1) is 12.4 Å². The van der Waals surface area contributed by atoms with Gasteiger partial charge in [-0.25, -0.2) is 4.98 Å². The maximum absolute atomic E-state index is 12.6. The Bertz CT molecular complexity index is 946. The topological polar surface area (TPSA) is 87.0 Å². The number of benzene rings is 1. The zero-order chi connectivity index (χ0) is 18.1. The van der Waals surface area contributed by atoms with Crippen LogP contribution in [0.5, 0.6) is 0 Å². The number of anilines is 2. The van der Waals surface area contributed by atoms with Crippen LogP contribution in [0.1, 0.15) is 23.2 Å². The molecule has 0 radical (unpaired) electrons. The summed E-state index contributed by atoms with van der Waals surface area (Å²) in [5.41, 5.74) is 9.28. The molecular formula is C19H21BrClN5O. The molecule has 6 nitrogen and oxygen atoms in total. The number of nitrogens with two attached hydrogens (primary N) is 1. The van der Waals surface area contributed by atoms with Crippen LogP contribution in [0.15, 0.2) is 47.2 Å². The molecule has 3 aromatic rings. The normalized spacial score (nSPS) is 16.8. The number of H-pyrrole nitrogens is 1. The number of fused-ring (bicyclic) bond motifs is 1. The number of carbonyl (C=O) groups is 1. The van der Waals surface area contributed by atoms with Crippen molar-refractivity contribution in [1.82, 2.24) is 9.97 Å². The lowest BCUT2D eigenvalue weighted by Crippen LogP contribution is -2.43. The van der Waals surface area contributed by atoms with Crippen molar-refractivity contribution in [2.75, 3.05) is 23.3 Å². The van der Waals surface area contributed by atoms with Gasteiger partial charge in [0.15, 0.2) is 0 Å². The summed E-state index contributed by atoms with van der Waals surface area (Å²) in [4.78, 5) is 22.5. The van der Waals surface area contributed by atoms with Crippen molar-refractivity contribution in [1.29, 1.82) is 0 Å². The van der Waals surface area contributed by atoms with E-state index in [1.165, 1.54) is 0 Å². The molecule has 1 unspecified atom stereocenters. The summed E-state index contributed by atoms with van der Waals surface area (Å²) < 4.78 is 0.897. The van der Waals surface area contributed by atoms with E-state index in [1.807, 2.05) is 18.2 Å². The highest BCUT2D eigenvalue weighted by Gasteiger charge is 2.24. The summed E-state index contributed by atoms with van der Waals surface area (Å²) in [6, 6.07) is 9.33. The Morgan fingerprint density at radius 3 is 2.85 bits per heavy atom. The number of amides is 1. The summed E-state index contributed by atoms with van der Waals surface area (Å²) in [5.74, 6) is -0.146. The SMILES string of the molecule is Cl.NC1CCCN(c2c(Br)cnc3[nH]cc(NC(=O)c4ccccc4)c23)C1. The van der Waals surface area contributed by atoms with Crippen molar-refractivity contribution in [3.8, 4) is 0 Å². The van der Waals surface area contributed by atoms with Gasteiger partial charge in [-0.1, -0.05) is 18.2 Å². The van der Waals surface area contributed by atoms with Gasteiger partial charge in [0.2, 0.25) is 0 Å². The summed E-state index contributed by atoms with van der Waals surface area (Å²) in [5, 5.41) is 3.91. The van der Waals surface area contributed by atoms with Gasteiger partial charge in [0.25, 0.3) is 5.91 Å². The number of nitrogens with one attached hydrogen (secondary N) is 2. The zero-order valence-electron chi connectivity index (χ0n) is 14.6. The van der Waals surface area contributed by atoms with Crippen LogP contribution in [0.3, 0.4) is 0 Å². The number of aromatic amines is 1. The number of piperidine rings is 1. The third-order valence-corrected chi connectivity index (χ3v) is 5.27. The highest BCUT2D eigenvalue weighted by Crippen LogP contribution is 2.38. The molecule has 8 heteroatoms. The molecule has 1 aliphatic rings. The summed E-state index contributed by atoms with van der Waals surface area (Å²) in [6.07, 6.45) is 5.66. The van der Waals surface area contributed by atoms with Gasteiger partial charge in [0.05, 0.1) is 21.2 Å². The lowest BCUT2D eigenvalue weighted by atomic mass is 10.1. The fraction of sp³-hybridized carbons (Fsp3) is 0.263. The van der Waals surface area contributed by atoms with Crippen LogP contribution in [0.4, 0.5) is 11.4 Å². The van der Waals surface area contributed by atoms with Gasteiger partial charge in [-0.2, -0.15) is 0 Å². The number of carbonyl (C=O) groups excluding carboxylic acids is 1. The van der Waals surface area contributed by atoms with Crippen molar-refractivity contribution in [3.05, 3.63) is 52.8 Å². The maximum atomic E-state index is 12.6. The van der Waals surface area contributed by atoms with Crippen molar-refractivity contribution in [2.45, 2.75) is 18.9 Å². The molecule has 4 N–H and O–H groups in total. The molecule has 27 heavy (non-hydrogen) atoms. The highest BCUT2D eigenvalue weighted by atomic mass is 79.9. The van der Waals surface area contributed by atoms with Gasteiger partial charge < -0.3 is 20.9 Å². The molecule has 0 bridgehead atoms. The fourth-order valence-corrected chi connectivity index (χ4v) is 4.01.